The van der Waals surface area contributed by atoms with E-state index >= 15 is 0 Å². The normalized spacial score (nSPS) is 13.6. The smallest absolute Gasteiger partial charge is 0.251 e. The van der Waals surface area contributed by atoms with E-state index in [1.807, 2.05) is 33.8 Å². The molecule has 1 atom stereocenters. The molecule has 0 spiro atoms. The summed E-state index contributed by atoms with van der Waals surface area (Å²) < 4.78 is 0. The molecule has 5 heteroatoms. The van der Waals surface area contributed by atoms with E-state index in [0.29, 0.717) is 17.1 Å². The largest absolute Gasteiger partial charge is 0.345 e. The van der Waals surface area contributed by atoms with Crippen LogP contribution in [0.5, 0.6) is 0 Å². The summed E-state index contributed by atoms with van der Waals surface area (Å²) in [5.74, 6) is 0.117. The Morgan fingerprint density at radius 3 is 2.47 bits per heavy atom. The molecule has 0 aliphatic heterocycles. The van der Waals surface area contributed by atoms with E-state index in [9.17, 15) is 4.79 Å². The third-order valence-electron chi connectivity index (χ3n) is 3.53. The molecule has 1 amide bonds. The minimum Gasteiger partial charge on any atom is -0.345 e. The summed E-state index contributed by atoms with van der Waals surface area (Å²) in [6, 6.07) is 5.30. The molecule has 1 unspecified atom stereocenters. The number of carbonyl (C=O) groups excluding carboxylic acids is 1. The van der Waals surface area contributed by atoms with Gasteiger partial charge in [0.1, 0.15) is 0 Å². The Labute approximate surface area is 126 Å². The minimum atomic E-state index is -0.408. The number of amides is 1. The second kappa shape index (κ2) is 7.13. The maximum absolute atomic E-state index is 12.2. The van der Waals surface area contributed by atoms with Crippen molar-refractivity contribution in [3.05, 3.63) is 34.3 Å². The second-order valence-electron chi connectivity index (χ2n) is 5.19. The zero-order chi connectivity index (χ0) is 13.9. The predicted molar refractivity (Wildman–Crippen MR) is 83.2 cm³/mol. The molecule has 108 valence electrons. The first-order valence-electron chi connectivity index (χ1n) is 6.09. The van der Waals surface area contributed by atoms with Crippen molar-refractivity contribution >= 4 is 29.9 Å². The quantitative estimate of drug-likeness (QED) is 0.897. The third kappa shape index (κ3) is 4.37. The average Bonchev–Trinajstić information content (AvgIpc) is 2.32. The molecule has 1 rings (SSSR count). The number of hydrogen-bond donors (Lipinski definition) is 2. The summed E-state index contributed by atoms with van der Waals surface area (Å²) in [5, 5.41) is 3.58. The lowest BCUT2D eigenvalue weighted by Crippen LogP contribution is -2.55. The van der Waals surface area contributed by atoms with Crippen LogP contribution < -0.4 is 11.1 Å². The summed E-state index contributed by atoms with van der Waals surface area (Å²) in [7, 11) is 0. The van der Waals surface area contributed by atoms with Crippen LogP contribution in [0.3, 0.4) is 0 Å². The van der Waals surface area contributed by atoms with Gasteiger partial charge in [-0.2, -0.15) is 0 Å². The van der Waals surface area contributed by atoms with E-state index in [1.165, 1.54) is 0 Å². The number of halogens is 2. The third-order valence-corrected chi connectivity index (χ3v) is 3.94. The van der Waals surface area contributed by atoms with Gasteiger partial charge >= 0.3 is 0 Å². The molecule has 0 fully saturated rings. The molecule has 0 saturated carbocycles. The van der Waals surface area contributed by atoms with Crippen molar-refractivity contribution in [2.45, 2.75) is 33.2 Å². The van der Waals surface area contributed by atoms with Crippen LogP contribution in [-0.4, -0.2) is 18.0 Å². The van der Waals surface area contributed by atoms with Crippen molar-refractivity contribution in [2.24, 2.45) is 11.7 Å². The van der Waals surface area contributed by atoms with Crippen molar-refractivity contribution in [3.63, 3.8) is 0 Å². The van der Waals surface area contributed by atoms with Crippen molar-refractivity contribution in [1.29, 1.82) is 0 Å². The van der Waals surface area contributed by atoms with Gasteiger partial charge in [0.05, 0.1) is 5.54 Å². The van der Waals surface area contributed by atoms with Gasteiger partial charge < -0.3 is 11.1 Å². The fourth-order valence-electron chi connectivity index (χ4n) is 1.50. The predicted octanol–water partition coefficient (Wildman–Crippen LogP) is 3.17. The number of nitrogens with one attached hydrogen (secondary N) is 1. The molecule has 0 saturated heterocycles. The first kappa shape index (κ1) is 18.2. The summed E-state index contributed by atoms with van der Waals surface area (Å²) in [5.41, 5.74) is 6.86. The van der Waals surface area contributed by atoms with Crippen LogP contribution in [0.1, 0.15) is 36.7 Å². The number of hydrogen-bond acceptors (Lipinski definition) is 2. The lowest BCUT2D eigenvalue weighted by Gasteiger charge is -2.33. The van der Waals surface area contributed by atoms with E-state index in [1.54, 1.807) is 12.1 Å². The monoisotopic (exact) mass is 304 g/mol. The second-order valence-corrected chi connectivity index (χ2v) is 5.60. The fraction of sp³-hybridized carbons (Fsp3) is 0.500. The molecular formula is C14H22Cl2N2O. The van der Waals surface area contributed by atoms with Crippen LogP contribution >= 0.6 is 24.0 Å². The van der Waals surface area contributed by atoms with Gasteiger partial charge in [0.15, 0.2) is 0 Å². The topological polar surface area (TPSA) is 55.1 Å². The molecule has 1 aromatic carbocycles. The Bertz CT molecular complexity index is 449. The van der Waals surface area contributed by atoms with E-state index in [-0.39, 0.29) is 24.2 Å². The summed E-state index contributed by atoms with van der Waals surface area (Å²) in [4.78, 5) is 12.2. The van der Waals surface area contributed by atoms with Gasteiger partial charge in [-0.25, -0.2) is 0 Å². The van der Waals surface area contributed by atoms with E-state index in [0.717, 1.165) is 5.56 Å². The van der Waals surface area contributed by atoms with Crippen LogP contribution in [0.4, 0.5) is 0 Å². The molecule has 3 nitrogen and oxygen atoms in total. The molecular weight excluding hydrogens is 283 g/mol. The molecule has 0 aliphatic carbocycles. The van der Waals surface area contributed by atoms with Crippen LogP contribution in [0, 0.1) is 12.8 Å². The Morgan fingerprint density at radius 2 is 2.05 bits per heavy atom. The van der Waals surface area contributed by atoms with E-state index < -0.39 is 5.54 Å². The number of aryl methyl sites for hydroxylation is 1. The zero-order valence-electron chi connectivity index (χ0n) is 11.8. The first-order chi connectivity index (χ1) is 8.30. The van der Waals surface area contributed by atoms with Crippen LogP contribution in [-0.2, 0) is 0 Å². The van der Waals surface area contributed by atoms with Gasteiger partial charge in [-0.1, -0.05) is 31.5 Å². The highest BCUT2D eigenvalue weighted by Gasteiger charge is 2.28. The van der Waals surface area contributed by atoms with Gasteiger partial charge in [0.25, 0.3) is 5.91 Å². The van der Waals surface area contributed by atoms with Crippen molar-refractivity contribution in [2.75, 3.05) is 6.54 Å². The average molecular weight is 305 g/mol. The van der Waals surface area contributed by atoms with Gasteiger partial charge in [0, 0.05) is 17.1 Å². The van der Waals surface area contributed by atoms with E-state index in [4.69, 9.17) is 17.3 Å². The van der Waals surface area contributed by atoms with Gasteiger partial charge in [-0.15, -0.1) is 12.4 Å². The Hall–Kier alpha value is -0.770. The fourth-order valence-corrected chi connectivity index (χ4v) is 1.68. The Balaban J connectivity index is 0.00000324. The van der Waals surface area contributed by atoms with Gasteiger partial charge in [0.2, 0.25) is 0 Å². The molecule has 0 bridgehead atoms. The van der Waals surface area contributed by atoms with Crippen molar-refractivity contribution in [1.82, 2.24) is 5.32 Å². The van der Waals surface area contributed by atoms with Gasteiger partial charge in [-0.05, 0) is 37.5 Å². The number of benzene rings is 1. The van der Waals surface area contributed by atoms with E-state index in [2.05, 4.69) is 5.32 Å². The Kier molecular flexibility index (Phi) is 6.84. The number of carbonyl (C=O) groups is 1. The van der Waals surface area contributed by atoms with Crippen molar-refractivity contribution in [3.8, 4) is 0 Å². The summed E-state index contributed by atoms with van der Waals surface area (Å²) in [6.45, 7) is 8.33. The maximum Gasteiger partial charge on any atom is 0.251 e. The molecule has 0 aromatic heterocycles. The molecule has 19 heavy (non-hydrogen) atoms. The number of rotatable bonds is 4. The number of nitrogens with two attached hydrogens (primary N) is 1. The molecule has 1 aromatic rings. The summed E-state index contributed by atoms with van der Waals surface area (Å²) in [6.07, 6.45) is 0. The highest BCUT2D eigenvalue weighted by Crippen LogP contribution is 2.19. The Morgan fingerprint density at radius 1 is 1.47 bits per heavy atom. The zero-order valence-corrected chi connectivity index (χ0v) is 13.4. The standard InChI is InChI=1S/C14H21ClN2O.ClH/c1-9(2)14(4,8-16)17-13(18)11-6-5-10(3)12(15)7-11;/h5-7,9H,8,16H2,1-4H3,(H,17,18);1H. The SMILES string of the molecule is Cc1ccc(C(=O)NC(C)(CN)C(C)C)cc1Cl.Cl. The lowest BCUT2D eigenvalue weighted by molar-refractivity contribution is 0.0883. The highest BCUT2D eigenvalue weighted by molar-refractivity contribution is 6.31. The molecule has 0 radical (unpaired) electrons. The molecule has 3 N–H and O–H groups in total. The first-order valence-corrected chi connectivity index (χ1v) is 6.46. The van der Waals surface area contributed by atoms with Gasteiger partial charge in [-0.3, -0.25) is 4.79 Å². The van der Waals surface area contributed by atoms with Crippen LogP contribution in [0.25, 0.3) is 0 Å². The minimum absolute atomic E-state index is 0. The molecule has 0 heterocycles. The van der Waals surface area contributed by atoms with Crippen LogP contribution in [0.15, 0.2) is 18.2 Å². The lowest BCUT2D eigenvalue weighted by atomic mass is 9.88. The summed E-state index contributed by atoms with van der Waals surface area (Å²) >= 11 is 6.02. The van der Waals surface area contributed by atoms with Crippen molar-refractivity contribution < 1.29 is 4.79 Å². The van der Waals surface area contributed by atoms with Crippen LogP contribution in [0.2, 0.25) is 5.02 Å². The highest BCUT2D eigenvalue weighted by atomic mass is 35.5. The maximum atomic E-state index is 12.2. The molecule has 0 aliphatic rings.